The van der Waals surface area contributed by atoms with Crippen LogP contribution >= 0.6 is 11.6 Å². The maximum absolute atomic E-state index is 13.4. The van der Waals surface area contributed by atoms with Crippen LogP contribution in [0.2, 0.25) is 5.02 Å². The molecule has 0 saturated carbocycles. The summed E-state index contributed by atoms with van der Waals surface area (Å²) in [7, 11) is 0. The van der Waals surface area contributed by atoms with Crippen LogP contribution in [-0.4, -0.2) is 10.9 Å². The number of hydrogen-bond acceptors (Lipinski definition) is 2. The highest BCUT2D eigenvalue weighted by Crippen LogP contribution is 2.14. The number of anilines is 1. The van der Waals surface area contributed by atoms with Crippen LogP contribution in [0.15, 0.2) is 36.5 Å². The molecule has 1 N–H and O–H groups in total. The molecule has 0 unspecified atom stereocenters. The normalized spacial score (nSPS) is 10.2. The van der Waals surface area contributed by atoms with Gasteiger partial charge < -0.3 is 5.32 Å². The van der Waals surface area contributed by atoms with E-state index in [0.29, 0.717) is 5.69 Å². The first-order valence-electron chi connectivity index (χ1n) is 4.94. The minimum absolute atomic E-state index is 0.103. The third-order valence-corrected chi connectivity index (χ3v) is 2.33. The summed E-state index contributed by atoms with van der Waals surface area (Å²) >= 11 is 5.52. The van der Waals surface area contributed by atoms with Gasteiger partial charge in [-0.1, -0.05) is 11.6 Å². The molecule has 1 amide bonds. The predicted octanol–water partition coefficient (Wildman–Crippen LogP) is 3.27. The van der Waals surface area contributed by atoms with Crippen LogP contribution in [-0.2, 0) is 0 Å². The third kappa shape index (κ3) is 2.81. The van der Waals surface area contributed by atoms with E-state index in [2.05, 4.69) is 10.3 Å². The highest BCUT2D eigenvalue weighted by atomic mass is 35.5. The molecule has 3 nitrogen and oxygen atoms in total. The number of pyridine rings is 1. The zero-order chi connectivity index (χ0) is 13.1. The van der Waals surface area contributed by atoms with Crippen molar-refractivity contribution >= 4 is 23.2 Å². The Morgan fingerprint density at radius 3 is 2.50 bits per heavy atom. The summed E-state index contributed by atoms with van der Waals surface area (Å²) in [5, 5.41) is 2.50. The first-order valence-corrected chi connectivity index (χ1v) is 5.32. The van der Waals surface area contributed by atoms with Gasteiger partial charge in [-0.05, 0) is 30.3 Å². The fraction of sp³-hybridized carbons (Fsp3) is 0. The summed E-state index contributed by atoms with van der Waals surface area (Å²) in [6, 6.07) is 6.08. The van der Waals surface area contributed by atoms with Crippen molar-refractivity contribution in [3.8, 4) is 0 Å². The standard InChI is InChI=1S/C12H7ClF2N2O/c13-7-5-10(15)11(16-6-7)12(18)17-9-3-1-8(14)2-4-9/h1-6H,(H,17,18). The smallest absolute Gasteiger partial charge is 0.277 e. The fourth-order valence-corrected chi connectivity index (χ4v) is 1.45. The van der Waals surface area contributed by atoms with Crippen molar-refractivity contribution in [3.05, 3.63) is 58.9 Å². The van der Waals surface area contributed by atoms with E-state index in [1.165, 1.54) is 30.5 Å². The van der Waals surface area contributed by atoms with Gasteiger partial charge in [0.1, 0.15) is 5.82 Å². The zero-order valence-electron chi connectivity index (χ0n) is 8.95. The van der Waals surface area contributed by atoms with Gasteiger partial charge in [-0.25, -0.2) is 13.8 Å². The molecule has 0 aliphatic rings. The molecule has 6 heteroatoms. The fourth-order valence-electron chi connectivity index (χ4n) is 1.31. The second-order valence-electron chi connectivity index (χ2n) is 3.44. The van der Waals surface area contributed by atoms with Gasteiger partial charge in [0.2, 0.25) is 0 Å². The van der Waals surface area contributed by atoms with Crippen LogP contribution in [0.3, 0.4) is 0 Å². The number of nitrogens with one attached hydrogen (secondary N) is 1. The Bertz CT molecular complexity index is 587. The number of hydrogen-bond donors (Lipinski definition) is 1. The molecule has 0 aliphatic carbocycles. The summed E-state index contributed by atoms with van der Waals surface area (Å²) in [6.45, 7) is 0. The Kier molecular flexibility index (Phi) is 3.53. The van der Waals surface area contributed by atoms with Gasteiger partial charge >= 0.3 is 0 Å². The molecule has 0 saturated heterocycles. The van der Waals surface area contributed by atoms with E-state index in [4.69, 9.17) is 11.6 Å². The summed E-state index contributed by atoms with van der Waals surface area (Å²) in [4.78, 5) is 15.3. The summed E-state index contributed by atoms with van der Waals surface area (Å²) in [5.41, 5.74) is -0.0266. The van der Waals surface area contributed by atoms with Gasteiger partial charge in [-0.2, -0.15) is 0 Å². The van der Waals surface area contributed by atoms with E-state index < -0.39 is 17.5 Å². The molecule has 2 aromatic rings. The summed E-state index contributed by atoms with van der Waals surface area (Å²) < 4.78 is 26.1. The lowest BCUT2D eigenvalue weighted by molar-refractivity contribution is 0.101. The van der Waals surface area contributed by atoms with E-state index in [1.54, 1.807) is 0 Å². The quantitative estimate of drug-likeness (QED) is 0.908. The summed E-state index contributed by atoms with van der Waals surface area (Å²) in [6.07, 6.45) is 1.17. The van der Waals surface area contributed by atoms with Gasteiger partial charge in [0.05, 0.1) is 5.02 Å². The first-order chi connectivity index (χ1) is 8.56. The van der Waals surface area contributed by atoms with Crippen molar-refractivity contribution in [2.75, 3.05) is 5.32 Å². The third-order valence-electron chi connectivity index (χ3n) is 2.12. The van der Waals surface area contributed by atoms with Gasteiger partial charge in [-0.15, -0.1) is 0 Å². The number of benzene rings is 1. The van der Waals surface area contributed by atoms with Crippen molar-refractivity contribution in [1.82, 2.24) is 4.98 Å². The Morgan fingerprint density at radius 1 is 1.22 bits per heavy atom. The summed E-state index contributed by atoms with van der Waals surface area (Å²) in [5.74, 6) is -1.97. The average Bonchev–Trinajstić information content (AvgIpc) is 2.32. The van der Waals surface area contributed by atoms with Crippen molar-refractivity contribution in [2.24, 2.45) is 0 Å². The van der Waals surface area contributed by atoms with Crippen LogP contribution in [0, 0.1) is 11.6 Å². The van der Waals surface area contributed by atoms with Crippen molar-refractivity contribution in [2.45, 2.75) is 0 Å². The highest BCUT2D eigenvalue weighted by molar-refractivity contribution is 6.30. The van der Waals surface area contributed by atoms with Gasteiger partial charge in [-0.3, -0.25) is 4.79 Å². The molecule has 18 heavy (non-hydrogen) atoms. The predicted molar refractivity (Wildman–Crippen MR) is 63.6 cm³/mol. The lowest BCUT2D eigenvalue weighted by Crippen LogP contribution is -2.15. The van der Waals surface area contributed by atoms with Crippen LogP contribution < -0.4 is 5.32 Å². The second-order valence-corrected chi connectivity index (χ2v) is 3.88. The molecule has 0 aliphatic heterocycles. The molecule has 0 bridgehead atoms. The van der Waals surface area contributed by atoms with Gasteiger partial charge in [0.25, 0.3) is 5.91 Å². The molecule has 0 spiro atoms. The molecular formula is C12H7ClF2N2O. The molecule has 0 fully saturated rings. The van der Waals surface area contributed by atoms with Crippen molar-refractivity contribution in [1.29, 1.82) is 0 Å². The Morgan fingerprint density at radius 2 is 1.89 bits per heavy atom. The van der Waals surface area contributed by atoms with Crippen molar-refractivity contribution < 1.29 is 13.6 Å². The topological polar surface area (TPSA) is 42.0 Å². The lowest BCUT2D eigenvalue weighted by atomic mass is 10.3. The molecule has 1 heterocycles. The van der Waals surface area contributed by atoms with Crippen LogP contribution in [0.5, 0.6) is 0 Å². The molecule has 0 radical (unpaired) electrons. The van der Waals surface area contributed by atoms with Gasteiger partial charge in [0, 0.05) is 11.9 Å². The average molecular weight is 269 g/mol. The van der Waals surface area contributed by atoms with E-state index >= 15 is 0 Å². The minimum atomic E-state index is -0.817. The number of carbonyl (C=O) groups excluding carboxylic acids is 1. The monoisotopic (exact) mass is 268 g/mol. The number of halogens is 3. The van der Waals surface area contributed by atoms with Crippen LogP contribution in [0.1, 0.15) is 10.5 Å². The molecule has 1 aromatic heterocycles. The molecule has 2 rings (SSSR count). The van der Waals surface area contributed by atoms with E-state index in [1.807, 2.05) is 0 Å². The SMILES string of the molecule is O=C(Nc1ccc(F)cc1)c1ncc(Cl)cc1F. The number of amides is 1. The first kappa shape index (κ1) is 12.4. The van der Waals surface area contributed by atoms with E-state index in [0.717, 1.165) is 6.07 Å². The van der Waals surface area contributed by atoms with E-state index in [9.17, 15) is 13.6 Å². The number of carbonyl (C=O) groups is 1. The number of rotatable bonds is 2. The van der Waals surface area contributed by atoms with Crippen molar-refractivity contribution in [3.63, 3.8) is 0 Å². The zero-order valence-corrected chi connectivity index (χ0v) is 9.71. The van der Waals surface area contributed by atoms with Crippen LogP contribution in [0.25, 0.3) is 0 Å². The molecule has 0 atom stereocenters. The maximum Gasteiger partial charge on any atom is 0.277 e. The largest absolute Gasteiger partial charge is 0.321 e. The molecule has 92 valence electrons. The highest BCUT2D eigenvalue weighted by Gasteiger charge is 2.14. The minimum Gasteiger partial charge on any atom is -0.321 e. The Labute approximate surface area is 106 Å². The lowest BCUT2D eigenvalue weighted by Gasteiger charge is -2.05. The van der Waals surface area contributed by atoms with E-state index in [-0.39, 0.29) is 10.7 Å². The number of aromatic nitrogens is 1. The Hall–Kier alpha value is -2.01. The Balaban J connectivity index is 2.19. The van der Waals surface area contributed by atoms with Crippen LogP contribution in [0.4, 0.5) is 14.5 Å². The second kappa shape index (κ2) is 5.10. The molecular weight excluding hydrogens is 262 g/mol. The molecule has 1 aromatic carbocycles. The van der Waals surface area contributed by atoms with Gasteiger partial charge in [0.15, 0.2) is 11.5 Å². The number of nitrogens with zero attached hydrogens (tertiary/aromatic N) is 1. The maximum atomic E-state index is 13.4.